The second-order valence-electron chi connectivity index (χ2n) is 3.67. The van der Waals surface area contributed by atoms with Gasteiger partial charge in [0.25, 0.3) is 0 Å². The summed E-state index contributed by atoms with van der Waals surface area (Å²) in [6, 6.07) is 7.94. The first-order valence-corrected chi connectivity index (χ1v) is 6.02. The van der Waals surface area contributed by atoms with Gasteiger partial charge in [0.1, 0.15) is 11.6 Å². The third-order valence-corrected chi connectivity index (χ3v) is 3.45. The minimum atomic E-state index is 0.548. The molecule has 0 unspecified atom stereocenters. The van der Waals surface area contributed by atoms with E-state index in [4.69, 9.17) is 10.5 Å². The van der Waals surface area contributed by atoms with Crippen LogP contribution in [0.4, 0.5) is 5.82 Å². The fourth-order valence-electron chi connectivity index (χ4n) is 1.77. The van der Waals surface area contributed by atoms with E-state index in [1.165, 1.54) is 0 Å². The van der Waals surface area contributed by atoms with Gasteiger partial charge in [0, 0.05) is 5.38 Å². The number of imidazole rings is 1. The first-order chi connectivity index (χ1) is 8.28. The summed E-state index contributed by atoms with van der Waals surface area (Å²) in [6.45, 7) is 0. The normalized spacial score (nSPS) is 10.9. The smallest absolute Gasteiger partial charge is 0.196 e. The molecule has 17 heavy (non-hydrogen) atoms. The summed E-state index contributed by atoms with van der Waals surface area (Å²) in [6.07, 6.45) is 1.84. The van der Waals surface area contributed by atoms with Crippen LogP contribution in [0.2, 0.25) is 0 Å². The summed E-state index contributed by atoms with van der Waals surface area (Å²) in [5.41, 5.74) is 7.90. The molecular weight excluding hydrogens is 234 g/mol. The van der Waals surface area contributed by atoms with Crippen molar-refractivity contribution in [3.8, 4) is 17.0 Å². The number of thiazole rings is 1. The molecule has 1 aromatic carbocycles. The van der Waals surface area contributed by atoms with E-state index in [2.05, 4.69) is 10.4 Å². The molecule has 0 fully saturated rings. The highest BCUT2D eigenvalue weighted by molar-refractivity contribution is 7.15. The van der Waals surface area contributed by atoms with Gasteiger partial charge in [0.2, 0.25) is 0 Å². The molecule has 0 aliphatic heterocycles. The van der Waals surface area contributed by atoms with Crippen molar-refractivity contribution in [1.82, 2.24) is 9.38 Å². The van der Waals surface area contributed by atoms with E-state index in [0.29, 0.717) is 5.82 Å². The number of hydrogen-bond donors (Lipinski definition) is 1. The molecule has 0 bridgehead atoms. The lowest BCUT2D eigenvalue weighted by molar-refractivity contribution is 0.415. The van der Waals surface area contributed by atoms with Crippen LogP contribution in [-0.2, 0) is 0 Å². The fraction of sp³-hybridized carbons (Fsp3) is 0.0833. The lowest BCUT2D eigenvalue weighted by Gasteiger charge is -2.02. The van der Waals surface area contributed by atoms with Crippen LogP contribution in [0.3, 0.4) is 0 Å². The van der Waals surface area contributed by atoms with Crippen LogP contribution in [0, 0.1) is 0 Å². The van der Waals surface area contributed by atoms with Crippen molar-refractivity contribution >= 4 is 22.1 Å². The fourth-order valence-corrected chi connectivity index (χ4v) is 2.66. The van der Waals surface area contributed by atoms with Crippen molar-refractivity contribution in [2.75, 3.05) is 12.8 Å². The number of benzene rings is 1. The van der Waals surface area contributed by atoms with Crippen LogP contribution in [0.25, 0.3) is 16.2 Å². The SMILES string of the molecule is COc1ccc(-c2csc3nc(N)cn23)cc1. The molecule has 3 rings (SSSR count). The summed E-state index contributed by atoms with van der Waals surface area (Å²) in [7, 11) is 1.66. The van der Waals surface area contributed by atoms with E-state index in [9.17, 15) is 0 Å². The third-order valence-electron chi connectivity index (χ3n) is 2.61. The van der Waals surface area contributed by atoms with E-state index in [-0.39, 0.29) is 0 Å². The molecule has 0 aliphatic rings. The second kappa shape index (κ2) is 3.78. The maximum absolute atomic E-state index is 5.68. The predicted octanol–water partition coefficient (Wildman–Crippen LogP) is 2.65. The van der Waals surface area contributed by atoms with Crippen LogP contribution >= 0.6 is 11.3 Å². The lowest BCUT2D eigenvalue weighted by Crippen LogP contribution is -1.86. The van der Waals surface area contributed by atoms with Gasteiger partial charge >= 0.3 is 0 Å². The molecule has 0 saturated heterocycles. The Balaban J connectivity index is 2.12. The van der Waals surface area contributed by atoms with E-state index in [0.717, 1.165) is 22.0 Å². The molecule has 0 atom stereocenters. The number of nitrogens with zero attached hydrogens (tertiary/aromatic N) is 2. The Morgan fingerprint density at radius 1 is 1.29 bits per heavy atom. The van der Waals surface area contributed by atoms with Crippen LogP contribution in [0.15, 0.2) is 35.8 Å². The minimum absolute atomic E-state index is 0.548. The van der Waals surface area contributed by atoms with Crippen LogP contribution in [0.5, 0.6) is 5.75 Å². The summed E-state index contributed by atoms with van der Waals surface area (Å²) in [5, 5.41) is 2.07. The third kappa shape index (κ3) is 1.64. The zero-order valence-electron chi connectivity index (χ0n) is 9.25. The first-order valence-electron chi connectivity index (χ1n) is 5.14. The molecule has 3 aromatic rings. The largest absolute Gasteiger partial charge is 0.497 e. The average Bonchev–Trinajstić information content (AvgIpc) is 2.88. The number of nitrogens with two attached hydrogens (primary N) is 1. The summed E-state index contributed by atoms with van der Waals surface area (Å²) < 4.78 is 7.14. The van der Waals surface area contributed by atoms with Gasteiger partial charge in [0.05, 0.1) is 19.0 Å². The van der Waals surface area contributed by atoms with Gasteiger partial charge in [-0.1, -0.05) is 0 Å². The highest BCUT2D eigenvalue weighted by Crippen LogP contribution is 2.28. The quantitative estimate of drug-likeness (QED) is 0.755. The van der Waals surface area contributed by atoms with E-state index < -0.39 is 0 Å². The number of fused-ring (bicyclic) bond motifs is 1. The molecule has 4 nitrogen and oxygen atoms in total. The topological polar surface area (TPSA) is 52.5 Å². The Bertz CT molecular complexity index is 654. The number of anilines is 1. The zero-order valence-corrected chi connectivity index (χ0v) is 10.1. The molecule has 2 aromatic heterocycles. The Morgan fingerprint density at radius 2 is 2.06 bits per heavy atom. The van der Waals surface area contributed by atoms with Crippen molar-refractivity contribution in [2.45, 2.75) is 0 Å². The van der Waals surface area contributed by atoms with Gasteiger partial charge in [-0.15, -0.1) is 11.3 Å². The van der Waals surface area contributed by atoms with Gasteiger partial charge in [0.15, 0.2) is 4.96 Å². The van der Waals surface area contributed by atoms with Crippen molar-refractivity contribution < 1.29 is 4.74 Å². The number of rotatable bonds is 2. The summed E-state index contributed by atoms with van der Waals surface area (Å²) in [4.78, 5) is 5.14. The monoisotopic (exact) mass is 245 g/mol. The van der Waals surface area contributed by atoms with Crippen molar-refractivity contribution in [3.05, 3.63) is 35.8 Å². The summed E-state index contributed by atoms with van der Waals surface area (Å²) in [5.74, 6) is 1.40. The Labute approximate surface area is 102 Å². The predicted molar refractivity (Wildman–Crippen MR) is 69.5 cm³/mol. The van der Waals surface area contributed by atoms with Crippen molar-refractivity contribution in [2.24, 2.45) is 0 Å². The van der Waals surface area contributed by atoms with Crippen molar-refractivity contribution in [3.63, 3.8) is 0 Å². The first kappa shape index (κ1) is 10.2. The van der Waals surface area contributed by atoms with Gasteiger partial charge in [-0.05, 0) is 29.8 Å². The number of methoxy groups -OCH3 is 1. The lowest BCUT2D eigenvalue weighted by atomic mass is 10.2. The number of nitrogen functional groups attached to an aromatic ring is 1. The van der Waals surface area contributed by atoms with E-state index >= 15 is 0 Å². The van der Waals surface area contributed by atoms with Crippen LogP contribution in [-0.4, -0.2) is 16.5 Å². The molecule has 5 heteroatoms. The second-order valence-corrected chi connectivity index (χ2v) is 4.50. The Hall–Kier alpha value is -2.01. The van der Waals surface area contributed by atoms with Gasteiger partial charge in [-0.25, -0.2) is 4.98 Å². The standard InChI is InChI=1S/C12H11N3OS/c1-16-9-4-2-8(3-5-9)10-7-17-12-14-11(13)6-15(10)12/h2-7H,13H2,1H3. The molecule has 2 N–H and O–H groups in total. The van der Waals surface area contributed by atoms with Gasteiger partial charge in [-0.3, -0.25) is 4.40 Å². The average molecular weight is 245 g/mol. The molecule has 86 valence electrons. The molecular formula is C12H11N3OS. The zero-order chi connectivity index (χ0) is 11.8. The highest BCUT2D eigenvalue weighted by atomic mass is 32.1. The van der Waals surface area contributed by atoms with E-state index in [1.807, 2.05) is 34.9 Å². The maximum atomic E-state index is 5.68. The summed E-state index contributed by atoms with van der Waals surface area (Å²) >= 11 is 1.58. The molecule has 0 spiro atoms. The molecule has 0 amide bonds. The molecule has 0 aliphatic carbocycles. The maximum Gasteiger partial charge on any atom is 0.196 e. The minimum Gasteiger partial charge on any atom is -0.497 e. The van der Waals surface area contributed by atoms with Crippen LogP contribution in [0.1, 0.15) is 0 Å². The van der Waals surface area contributed by atoms with Gasteiger partial charge in [-0.2, -0.15) is 0 Å². The van der Waals surface area contributed by atoms with E-state index in [1.54, 1.807) is 18.4 Å². The Morgan fingerprint density at radius 3 is 2.76 bits per heavy atom. The number of ether oxygens (including phenoxy) is 1. The Kier molecular flexibility index (Phi) is 2.26. The van der Waals surface area contributed by atoms with Gasteiger partial charge < -0.3 is 10.5 Å². The van der Waals surface area contributed by atoms with Crippen molar-refractivity contribution in [1.29, 1.82) is 0 Å². The highest BCUT2D eigenvalue weighted by Gasteiger charge is 2.08. The number of hydrogen-bond acceptors (Lipinski definition) is 4. The molecule has 0 saturated carbocycles. The molecule has 0 radical (unpaired) electrons. The number of aromatic nitrogens is 2. The van der Waals surface area contributed by atoms with Crippen LogP contribution < -0.4 is 10.5 Å². The molecule has 2 heterocycles.